The predicted octanol–water partition coefficient (Wildman–Crippen LogP) is 1.50. The minimum absolute atomic E-state index is 0.342. The van der Waals surface area contributed by atoms with Crippen LogP contribution in [0.1, 0.15) is 5.56 Å². The van der Waals surface area contributed by atoms with E-state index in [4.69, 9.17) is 17.0 Å². The maximum absolute atomic E-state index is 5.16. The molecule has 0 radical (unpaired) electrons. The summed E-state index contributed by atoms with van der Waals surface area (Å²) in [4.78, 5) is 0. The monoisotopic (exact) mass is 193 g/mol. The molecule has 1 aromatic carbocycles. The van der Waals surface area contributed by atoms with E-state index in [2.05, 4.69) is 17.4 Å². The van der Waals surface area contributed by atoms with Crippen LogP contribution in [0.4, 0.5) is 0 Å². The molecule has 1 atom stereocenters. The highest BCUT2D eigenvalue weighted by atomic mass is 32.1. The number of rotatable bonds is 2. The molecular formula is C10H11NOS. The van der Waals surface area contributed by atoms with Crippen molar-refractivity contribution in [2.45, 2.75) is 12.5 Å². The Kier molecular flexibility index (Phi) is 2.45. The highest BCUT2D eigenvalue weighted by Gasteiger charge is 2.18. The van der Waals surface area contributed by atoms with Crippen LogP contribution in [-0.2, 0) is 11.2 Å². The van der Waals surface area contributed by atoms with Gasteiger partial charge in [0.1, 0.15) is 6.61 Å². The highest BCUT2D eigenvalue weighted by Crippen LogP contribution is 2.07. The summed E-state index contributed by atoms with van der Waals surface area (Å²) in [5, 5.41) is 3.64. The zero-order valence-corrected chi connectivity index (χ0v) is 8.01. The molecule has 0 unspecified atom stereocenters. The van der Waals surface area contributed by atoms with Gasteiger partial charge in [0.15, 0.2) is 0 Å². The molecule has 68 valence electrons. The van der Waals surface area contributed by atoms with Crippen molar-refractivity contribution >= 4 is 17.4 Å². The van der Waals surface area contributed by atoms with Crippen molar-refractivity contribution in [3.05, 3.63) is 35.9 Å². The van der Waals surface area contributed by atoms with Crippen molar-refractivity contribution in [1.29, 1.82) is 0 Å². The maximum Gasteiger partial charge on any atom is 0.257 e. The van der Waals surface area contributed by atoms with Crippen LogP contribution in [0.25, 0.3) is 0 Å². The normalized spacial score (nSPS) is 20.9. The van der Waals surface area contributed by atoms with Gasteiger partial charge in [-0.3, -0.25) is 0 Å². The first-order valence-electron chi connectivity index (χ1n) is 4.32. The molecule has 1 heterocycles. The van der Waals surface area contributed by atoms with Gasteiger partial charge in [0.2, 0.25) is 0 Å². The number of hydrogen-bond donors (Lipinski definition) is 1. The SMILES string of the molecule is S=C1N[C@H](Cc2ccccc2)CO1. The Labute approximate surface area is 82.9 Å². The van der Waals surface area contributed by atoms with Gasteiger partial charge in [-0.05, 0) is 24.2 Å². The lowest BCUT2D eigenvalue weighted by Gasteiger charge is -2.06. The standard InChI is InChI=1S/C10H11NOS/c13-10-11-9(7-12-10)6-8-4-2-1-3-5-8/h1-5,9H,6-7H2,(H,11,13)/t9-/m1/s1. The average Bonchev–Trinajstić information content (AvgIpc) is 2.53. The number of ether oxygens (including phenoxy) is 1. The van der Waals surface area contributed by atoms with Crippen LogP contribution >= 0.6 is 12.2 Å². The minimum Gasteiger partial charge on any atom is -0.469 e. The quantitative estimate of drug-likeness (QED) is 0.719. The molecule has 1 N–H and O–H groups in total. The van der Waals surface area contributed by atoms with Crippen molar-refractivity contribution in [2.24, 2.45) is 0 Å². The third-order valence-electron chi connectivity index (χ3n) is 2.06. The van der Waals surface area contributed by atoms with Crippen molar-refractivity contribution < 1.29 is 4.74 Å². The molecule has 0 aromatic heterocycles. The fraction of sp³-hybridized carbons (Fsp3) is 0.300. The summed E-state index contributed by atoms with van der Waals surface area (Å²) in [6, 6.07) is 10.7. The van der Waals surface area contributed by atoms with Gasteiger partial charge in [0.05, 0.1) is 6.04 Å². The molecule has 13 heavy (non-hydrogen) atoms. The van der Waals surface area contributed by atoms with Gasteiger partial charge >= 0.3 is 0 Å². The topological polar surface area (TPSA) is 21.3 Å². The van der Waals surface area contributed by atoms with E-state index in [-0.39, 0.29) is 0 Å². The van der Waals surface area contributed by atoms with Gasteiger partial charge in [0.25, 0.3) is 5.17 Å². The summed E-state index contributed by atoms with van der Waals surface area (Å²) in [7, 11) is 0. The molecule has 1 aliphatic heterocycles. The van der Waals surface area contributed by atoms with Crippen LogP contribution in [0, 0.1) is 0 Å². The third kappa shape index (κ3) is 2.18. The molecule has 0 saturated carbocycles. The Balaban J connectivity index is 1.96. The van der Waals surface area contributed by atoms with E-state index in [1.165, 1.54) is 5.56 Å². The largest absolute Gasteiger partial charge is 0.469 e. The highest BCUT2D eigenvalue weighted by molar-refractivity contribution is 7.80. The van der Waals surface area contributed by atoms with Crippen LogP contribution in [-0.4, -0.2) is 17.8 Å². The van der Waals surface area contributed by atoms with Gasteiger partial charge in [-0.15, -0.1) is 0 Å². The Morgan fingerprint density at radius 3 is 2.77 bits per heavy atom. The van der Waals surface area contributed by atoms with Crippen molar-refractivity contribution in [3.8, 4) is 0 Å². The summed E-state index contributed by atoms with van der Waals surface area (Å²) in [6.45, 7) is 0.688. The van der Waals surface area contributed by atoms with Crippen LogP contribution in [0.2, 0.25) is 0 Å². The molecule has 1 aliphatic rings. The fourth-order valence-corrected chi connectivity index (χ4v) is 1.67. The van der Waals surface area contributed by atoms with E-state index in [0.717, 1.165) is 6.42 Å². The van der Waals surface area contributed by atoms with E-state index in [1.54, 1.807) is 0 Å². The van der Waals surface area contributed by atoms with Gasteiger partial charge in [-0.1, -0.05) is 30.3 Å². The summed E-state index contributed by atoms with van der Waals surface area (Å²) >= 11 is 4.88. The molecule has 1 fully saturated rings. The van der Waals surface area contributed by atoms with E-state index in [1.807, 2.05) is 18.2 Å². The van der Waals surface area contributed by atoms with Crippen LogP contribution < -0.4 is 5.32 Å². The molecular weight excluding hydrogens is 182 g/mol. The second-order valence-corrected chi connectivity index (χ2v) is 3.50. The lowest BCUT2D eigenvalue weighted by Crippen LogP contribution is -2.27. The molecule has 2 rings (SSSR count). The molecule has 0 aliphatic carbocycles. The van der Waals surface area contributed by atoms with E-state index in [9.17, 15) is 0 Å². The number of benzene rings is 1. The Bertz CT molecular complexity index is 299. The summed E-state index contributed by atoms with van der Waals surface area (Å²) in [5.41, 5.74) is 1.31. The molecule has 1 aromatic rings. The van der Waals surface area contributed by atoms with Crippen molar-refractivity contribution in [1.82, 2.24) is 5.32 Å². The van der Waals surface area contributed by atoms with Crippen molar-refractivity contribution in [2.75, 3.05) is 6.61 Å². The maximum atomic E-state index is 5.16. The first kappa shape index (κ1) is 8.51. The summed E-state index contributed by atoms with van der Waals surface area (Å²) in [5.74, 6) is 0. The lowest BCUT2D eigenvalue weighted by atomic mass is 10.1. The lowest BCUT2D eigenvalue weighted by molar-refractivity contribution is 0.331. The van der Waals surface area contributed by atoms with Crippen LogP contribution in [0.5, 0.6) is 0 Å². The van der Waals surface area contributed by atoms with E-state index < -0.39 is 0 Å². The molecule has 2 nitrogen and oxygen atoms in total. The average molecular weight is 193 g/mol. The van der Waals surface area contributed by atoms with Gasteiger partial charge in [0, 0.05) is 0 Å². The first-order chi connectivity index (χ1) is 6.34. The van der Waals surface area contributed by atoms with Gasteiger partial charge in [-0.2, -0.15) is 0 Å². The van der Waals surface area contributed by atoms with Crippen LogP contribution in [0.3, 0.4) is 0 Å². The molecule has 0 amide bonds. The van der Waals surface area contributed by atoms with E-state index in [0.29, 0.717) is 17.8 Å². The predicted molar refractivity (Wildman–Crippen MR) is 55.6 cm³/mol. The number of nitrogens with one attached hydrogen (secondary N) is 1. The second kappa shape index (κ2) is 3.75. The zero-order chi connectivity index (χ0) is 9.10. The number of hydrogen-bond acceptors (Lipinski definition) is 2. The Morgan fingerprint density at radius 1 is 1.38 bits per heavy atom. The molecule has 3 heteroatoms. The summed E-state index contributed by atoms with van der Waals surface area (Å²) in [6.07, 6.45) is 0.973. The Hall–Kier alpha value is -1.09. The zero-order valence-electron chi connectivity index (χ0n) is 7.19. The summed E-state index contributed by atoms with van der Waals surface area (Å²) < 4.78 is 5.16. The number of thiocarbonyl (C=S) groups is 1. The molecule has 0 spiro atoms. The van der Waals surface area contributed by atoms with Gasteiger partial charge < -0.3 is 10.1 Å². The van der Waals surface area contributed by atoms with Crippen LogP contribution in [0.15, 0.2) is 30.3 Å². The smallest absolute Gasteiger partial charge is 0.257 e. The van der Waals surface area contributed by atoms with E-state index >= 15 is 0 Å². The first-order valence-corrected chi connectivity index (χ1v) is 4.72. The minimum atomic E-state index is 0.342. The Morgan fingerprint density at radius 2 is 2.15 bits per heavy atom. The van der Waals surface area contributed by atoms with Crippen molar-refractivity contribution in [3.63, 3.8) is 0 Å². The third-order valence-corrected chi connectivity index (χ3v) is 2.30. The molecule has 1 saturated heterocycles. The van der Waals surface area contributed by atoms with Gasteiger partial charge in [-0.25, -0.2) is 0 Å². The molecule has 0 bridgehead atoms. The second-order valence-electron chi connectivity index (χ2n) is 3.13. The fourth-order valence-electron chi connectivity index (χ4n) is 1.43.